The predicted molar refractivity (Wildman–Crippen MR) is 147 cm³/mol. The molecule has 8 heteroatoms. The van der Waals surface area contributed by atoms with Gasteiger partial charge in [0.25, 0.3) is 5.91 Å². The number of ether oxygens (including phenoxy) is 2. The molecule has 2 aromatic carbocycles. The van der Waals surface area contributed by atoms with Crippen LogP contribution in [-0.2, 0) is 18.8 Å². The summed E-state index contributed by atoms with van der Waals surface area (Å²) in [6.45, 7) is 5.13. The molecule has 36 heavy (non-hydrogen) atoms. The fraction of sp³-hybridized carbons (Fsp3) is 0.286. The highest BCUT2D eigenvalue weighted by molar-refractivity contribution is 7.19. The van der Waals surface area contributed by atoms with E-state index in [2.05, 4.69) is 0 Å². The summed E-state index contributed by atoms with van der Waals surface area (Å²) in [7, 11) is 1.63. The summed E-state index contributed by atoms with van der Waals surface area (Å²) >= 11 is 14.8. The van der Waals surface area contributed by atoms with E-state index in [1.807, 2.05) is 67.3 Å². The summed E-state index contributed by atoms with van der Waals surface area (Å²) in [5.74, 6) is 1.56. The Bertz CT molecular complexity index is 1440. The minimum atomic E-state index is 0.0225. The third-order valence-corrected chi connectivity index (χ3v) is 8.02. The van der Waals surface area contributed by atoms with Crippen molar-refractivity contribution in [2.45, 2.75) is 38.8 Å². The lowest BCUT2D eigenvalue weighted by Crippen LogP contribution is -2.35. The van der Waals surface area contributed by atoms with Crippen LogP contribution in [0.25, 0.3) is 21.3 Å². The number of pyridine rings is 1. The van der Waals surface area contributed by atoms with Crippen molar-refractivity contribution >= 4 is 50.7 Å². The lowest BCUT2D eigenvalue weighted by molar-refractivity contribution is 0.0737. The van der Waals surface area contributed by atoms with E-state index in [-0.39, 0.29) is 17.9 Å². The first-order valence-electron chi connectivity index (χ1n) is 11.8. The minimum absolute atomic E-state index is 0.0225. The zero-order valence-electron chi connectivity index (χ0n) is 20.3. The van der Waals surface area contributed by atoms with E-state index in [4.69, 9.17) is 37.7 Å². The molecule has 0 unspecified atom stereocenters. The zero-order valence-corrected chi connectivity index (χ0v) is 22.6. The molecule has 0 N–H and O–H groups in total. The van der Waals surface area contributed by atoms with E-state index < -0.39 is 0 Å². The van der Waals surface area contributed by atoms with Gasteiger partial charge in [-0.1, -0.05) is 35.9 Å². The fourth-order valence-electron chi connectivity index (χ4n) is 4.62. The Kier molecular flexibility index (Phi) is 7.11. The molecule has 0 saturated heterocycles. The van der Waals surface area contributed by atoms with Crippen LogP contribution < -0.4 is 9.47 Å². The first kappa shape index (κ1) is 24.9. The normalized spacial score (nSPS) is 13.2. The molecule has 4 aromatic rings. The van der Waals surface area contributed by atoms with Crippen molar-refractivity contribution in [1.82, 2.24) is 9.88 Å². The number of amides is 1. The summed E-state index contributed by atoms with van der Waals surface area (Å²) < 4.78 is 11.6. The second-order valence-corrected chi connectivity index (χ2v) is 10.7. The molecule has 1 aliphatic rings. The number of thiophene rings is 1. The average molecular weight is 542 g/mol. The first-order valence-corrected chi connectivity index (χ1v) is 13.5. The monoisotopic (exact) mass is 540 g/mol. The SMILES string of the molecule is COc1cc(-c2c(Cl)c(CCl)nc3sc4c(c23)CCN(C(=O)c2ccccc2)C4)ccc1OC(C)C. The van der Waals surface area contributed by atoms with Crippen molar-refractivity contribution in [3.8, 4) is 22.6 Å². The quantitative estimate of drug-likeness (QED) is 0.240. The van der Waals surface area contributed by atoms with Crippen molar-refractivity contribution in [3.63, 3.8) is 0 Å². The van der Waals surface area contributed by atoms with Gasteiger partial charge in [-0.3, -0.25) is 4.79 Å². The molecule has 0 spiro atoms. The highest BCUT2D eigenvalue weighted by Crippen LogP contribution is 2.46. The van der Waals surface area contributed by atoms with Gasteiger partial charge >= 0.3 is 0 Å². The first-order chi connectivity index (χ1) is 17.4. The second-order valence-electron chi connectivity index (χ2n) is 8.94. The number of alkyl halides is 1. The minimum Gasteiger partial charge on any atom is -0.493 e. The smallest absolute Gasteiger partial charge is 0.254 e. The molecule has 1 aliphatic heterocycles. The highest BCUT2D eigenvalue weighted by Gasteiger charge is 2.29. The van der Waals surface area contributed by atoms with Crippen LogP contribution in [0.4, 0.5) is 0 Å². The molecule has 0 saturated carbocycles. The van der Waals surface area contributed by atoms with Gasteiger partial charge < -0.3 is 14.4 Å². The van der Waals surface area contributed by atoms with E-state index in [0.717, 1.165) is 32.6 Å². The van der Waals surface area contributed by atoms with Crippen LogP contribution in [0.1, 0.15) is 40.3 Å². The Morgan fingerprint density at radius 2 is 1.94 bits per heavy atom. The molecule has 0 fully saturated rings. The van der Waals surface area contributed by atoms with Crippen LogP contribution in [0.15, 0.2) is 48.5 Å². The Morgan fingerprint density at radius 3 is 2.64 bits per heavy atom. The van der Waals surface area contributed by atoms with Crippen LogP contribution in [-0.4, -0.2) is 35.5 Å². The van der Waals surface area contributed by atoms with Gasteiger partial charge in [0.2, 0.25) is 0 Å². The second kappa shape index (κ2) is 10.3. The summed E-state index contributed by atoms with van der Waals surface area (Å²) in [5.41, 5.74) is 4.34. The van der Waals surface area contributed by atoms with E-state index in [1.54, 1.807) is 18.4 Å². The maximum absolute atomic E-state index is 13.1. The van der Waals surface area contributed by atoms with E-state index >= 15 is 0 Å². The van der Waals surface area contributed by atoms with Crippen molar-refractivity contribution in [2.24, 2.45) is 0 Å². The number of aromatic nitrogens is 1. The van der Waals surface area contributed by atoms with Crippen molar-refractivity contribution in [1.29, 1.82) is 0 Å². The van der Waals surface area contributed by atoms with Gasteiger partial charge in [-0.05, 0) is 55.7 Å². The van der Waals surface area contributed by atoms with Crippen molar-refractivity contribution in [2.75, 3.05) is 13.7 Å². The van der Waals surface area contributed by atoms with E-state index in [0.29, 0.717) is 40.9 Å². The van der Waals surface area contributed by atoms with Gasteiger partial charge in [-0.25, -0.2) is 4.98 Å². The van der Waals surface area contributed by atoms with Crippen molar-refractivity contribution < 1.29 is 14.3 Å². The predicted octanol–water partition coefficient (Wildman–Crippen LogP) is 7.35. The molecular formula is C28H26Cl2N2O3S. The molecule has 3 heterocycles. The maximum atomic E-state index is 13.1. The molecule has 0 radical (unpaired) electrons. The van der Waals surface area contributed by atoms with E-state index in [1.165, 1.54) is 5.56 Å². The number of methoxy groups -OCH3 is 1. The molecule has 0 atom stereocenters. The number of fused-ring (bicyclic) bond motifs is 3. The van der Waals surface area contributed by atoms with Gasteiger partial charge in [-0.15, -0.1) is 22.9 Å². The lowest BCUT2D eigenvalue weighted by atomic mass is 9.95. The number of carbonyl (C=O) groups is 1. The van der Waals surface area contributed by atoms with Gasteiger partial charge in [0, 0.05) is 27.9 Å². The zero-order chi connectivity index (χ0) is 25.4. The largest absolute Gasteiger partial charge is 0.493 e. The lowest BCUT2D eigenvalue weighted by Gasteiger charge is -2.27. The summed E-state index contributed by atoms with van der Waals surface area (Å²) in [4.78, 5) is 21.8. The van der Waals surface area contributed by atoms with Crippen molar-refractivity contribution in [3.05, 3.63) is 75.3 Å². The number of nitrogens with zero attached hydrogens (tertiary/aromatic N) is 2. The van der Waals surface area contributed by atoms with Crippen LogP contribution in [0, 0.1) is 0 Å². The highest BCUT2D eigenvalue weighted by atomic mass is 35.5. The van der Waals surface area contributed by atoms with Crippen LogP contribution >= 0.6 is 34.5 Å². The number of halogens is 2. The van der Waals surface area contributed by atoms with Gasteiger partial charge in [0.1, 0.15) is 4.83 Å². The van der Waals surface area contributed by atoms with Crippen LogP contribution in [0.2, 0.25) is 5.02 Å². The number of hydrogen-bond donors (Lipinski definition) is 0. The van der Waals surface area contributed by atoms with Gasteiger partial charge in [-0.2, -0.15) is 0 Å². The molecule has 5 nitrogen and oxygen atoms in total. The van der Waals surface area contributed by atoms with E-state index in [9.17, 15) is 4.79 Å². The number of carbonyl (C=O) groups excluding carboxylic acids is 1. The van der Waals surface area contributed by atoms with Crippen LogP contribution in [0.5, 0.6) is 11.5 Å². The topological polar surface area (TPSA) is 51.7 Å². The molecule has 186 valence electrons. The molecule has 0 aliphatic carbocycles. The summed E-state index contributed by atoms with van der Waals surface area (Å²) in [6, 6.07) is 15.3. The molecule has 1 amide bonds. The summed E-state index contributed by atoms with van der Waals surface area (Å²) in [6.07, 6.45) is 0.749. The Labute approximate surface area is 224 Å². The number of benzene rings is 2. The summed E-state index contributed by atoms with van der Waals surface area (Å²) in [5, 5.41) is 1.57. The molecule has 0 bridgehead atoms. The standard InChI is InChI=1S/C28H26Cl2N2O3S/c1-16(2)35-21-10-9-18(13-22(21)34-3)24-25-19-11-12-32(28(33)17-7-5-4-6-8-17)15-23(19)36-27(25)31-20(14-29)26(24)30/h4-10,13,16H,11-12,14-15H2,1-3H3. The fourth-order valence-corrected chi connectivity index (χ4v) is 6.46. The number of rotatable bonds is 6. The Morgan fingerprint density at radius 1 is 1.17 bits per heavy atom. The third-order valence-electron chi connectivity index (χ3n) is 6.25. The Balaban J connectivity index is 1.61. The third kappa shape index (κ3) is 4.54. The Hall–Kier alpha value is -2.80. The molecular weight excluding hydrogens is 515 g/mol. The molecule has 5 rings (SSSR count). The number of hydrogen-bond acceptors (Lipinski definition) is 5. The maximum Gasteiger partial charge on any atom is 0.254 e. The van der Waals surface area contributed by atoms with Gasteiger partial charge in [0.05, 0.1) is 36.4 Å². The molecule has 2 aromatic heterocycles. The van der Waals surface area contributed by atoms with Gasteiger partial charge in [0.15, 0.2) is 11.5 Å². The van der Waals surface area contributed by atoms with Crippen LogP contribution in [0.3, 0.4) is 0 Å². The average Bonchev–Trinajstić information content (AvgIpc) is 3.25.